The highest BCUT2D eigenvalue weighted by atomic mass is 16.7. The summed E-state index contributed by atoms with van der Waals surface area (Å²) in [6, 6.07) is 13.3. The summed E-state index contributed by atoms with van der Waals surface area (Å²) < 4.78 is 10.6. The Morgan fingerprint density at radius 3 is 2.41 bits per heavy atom. The number of benzene rings is 2. The fraction of sp³-hybridized carbons (Fsp3) is 0.364. The molecule has 3 rings (SSSR count). The molecular weight excluding hydrogens is 342 g/mol. The zero-order valence-electron chi connectivity index (χ0n) is 15.8. The average Bonchev–Trinajstić information content (AvgIpc) is 3.12. The van der Waals surface area contributed by atoms with Crippen LogP contribution in [0.4, 0.5) is 0 Å². The van der Waals surface area contributed by atoms with Gasteiger partial charge in [0.25, 0.3) is 0 Å². The first-order chi connectivity index (χ1) is 13.0. The van der Waals surface area contributed by atoms with E-state index in [4.69, 9.17) is 9.47 Å². The zero-order valence-corrected chi connectivity index (χ0v) is 15.8. The Labute approximate surface area is 159 Å². The maximum absolute atomic E-state index is 12.3. The second kappa shape index (κ2) is 8.71. The minimum Gasteiger partial charge on any atom is -0.454 e. The van der Waals surface area contributed by atoms with Gasteiger partial charge in [-0.25, -0.2) is 0 Å². The number of hydrogen-bond acceptors (Lipinski definition) is 4. The number of nitrogens with one attached hydrogen (secondary N) is 1. The molecule has 1 aliphatic heterocycles. The minimum atomic E-state index is -0.141. The van der Waals surface area contributed by atoms with E-state index in [0.717, 1.165) is 17.7 Å². The normalized spacial score (nSPS) is 12.3. The fourth-order valence-corrected chi connectivity index (χ4v) is 3.01. The van der Waals surface area contributed by atoms with Crippen molar-refractivity contribution in [2.24, 2.45) is 5.92 Å². The summed E-state index contributed by atoms with van der Waals surface area (Å²) in [5, 5.41) is 2.84. The van der Waals surface area contributed by atoms with E-state index in [1.165, 1.54) is 5.56 Å². The largest absolute Gasteiger partial charge is 0.454 e. The van der Waals surface area contributed by atoms with E-state index in [-0.39, 0.29) is 31.3 Å². The van der Waals surface area contributed by atoms with Gasteiger partial charge in [-0.15, -0.1) is 0 Å². The zero-order chi connectivity index (χ0) is 19.2. The molecule has 0 aromatic heterocycles. The molecule has 0 fully saturated rings. The number of Topliss-reactive ketones (excluding diaryl/α,β-unsaturated/α-hetero) is 1. The standard InChI is InChI=1S/C22H25NO4/c1-15(2)11-16-3-6-18(7-4-16)19(24)8-10-22(25)23-13-17-5-9-20-21(12-17)27-14-26-20/h3-7,9,12,15H,8,10-11,13-14H2,1-2H3,(H,23,25). The van der Waals surface area contributed by atoms with E-state index in [2.05, 4.69) is 19.2 Å². The molecule has 142 valence electrons. The van der Waals surface area contributed by atoms with E-state index in [9.17, 15) is 9.59 Å². The van der Waals surface area contributed by atoms with E-state index in [0.29, 0.717) is 23.8 Å². The third-order valence-electron chi connectivity index (χ3n) is 4.43. The summed E-state index contributed by atoms with van der Waals surface area (Å²) in [4.78, 5) is 24.3. The predicted molar refractivity (Wildman–Crippen MR) is 103 cm³/mol. The van der Waals surface area contributed by atoms with Crippen LogP contribution in [0, 0.1) is 5.92 Å². The lowest BCUT2D eigenvalue weighted by Crippen LogP contribution is -2.23. The minimum absolute atomic E-state index is 0.00988. The molecule has 0 saturated carbocycles. The van der Waals surface area contributed by atoms with Crippen molar-refractivity contribution in [1.29, 1.82) is 0 Å². The van der Waals surface area contributed by atoms with Gasteiger partial charge >= 0.3 is 0 Å². The number of ketones is 1. The lowest BCUT2D eigenvalue weighted by atomic mass is 9.99. The summed E-state index contributed by atoms with van der Waals surface area (Å²) in [6.45, 7) is 4.96. The summed E-state index contributed by atoms with van der Waals surface area (Å²) in [6.07, 6.45) is 1.38. The summed E-state index contributed by atoms with van der Waals surface area (Å²) in [5.41, 5.74) is 2.81. The molecule has 1 N–H and O–H groups in total. The maximum Gasteiger partial charge on any atom is 0.231 e. The van der Waals surface area contributed by atoms with Gasteiger partial charge in [0.05, 0.1) is 0 Å². The average molecular weight is 367 g/mol. The Bertz CT molecular complexity index is 812. The maximum atomic E-state index is 12.3. The van der Waals surface area contributed by atoms with Crippen LogP contribution in [0.1, 0.15) is 48.2 Å². The molecule has 5 nitrogen and oxygen atoms in total. The van der Waals surface area contributed by atoms with Crippen molar-refractivity contribution in [1.82, 2.24) is 5.32 Å². The quantitative estimate of drug-likeness (QED) is 0.719. The Morgan fingerprint density at radius 1 is 0.963 bits per heavy atom. The molecule has 5 heteroatoms. The van der Waals surface area contributed by atoms with Crippen LogP contribution in [0.5, 0.6) is 11.5 Å². The molecule has 1 amide bonds. The monoisotopic (exact) mass is 367 g/mol. The number of rotatable bonds is 8. The van der Waals surface area contributed by atoms with E-state index < -0.39 is 0 Å². The van der Waals surface area contributed by atoms with Gasteiger partial charge < -0.3 is 14.8 Å². The molecule has 0 bridgehead atoms. The molecule has 0 saturated heterocycles. The molecule has 0 radical (unpaired) electrons. The molecule has 0 spiro atoms. The van der Waals surface area contributed by atoms with Crippen LogP contribution in [0.25, 0.3) is 0 Å². The topological polar surface area (TPSA) is 64.6 Å². The molecular formula is C22H25NO4. The van der Waals surface area contributed by atoms with E-state index in [1.54, 1.807) is 0 Å². The molecule has 0 atom stereocenters. The molecule has 1 heterocycles. The van der Waals surface area contributed by atoms with E-state index in [1.807, 2.05) is 42.5 Å². The first-order valence-electron chi connectivity index (χ1n) is 9.28. The number of amides is 1. The van der Waals surface area contributed by atoms with Crippen molar-refractivity contribution < 1.29 is 19.1 Å². The molecule has 1 aliphatic rings. The van der Waals surface area contributed by atoms with Crippen LogP contribution in [0.15, 0.2) is 42.5 Å². The highest BCUT2D eigenvalue weighted by molar-refractivity contribution is 5.97. The van der Waals surface area contributed by atoms with Gasteiger partial charge in [0.1, 0.15) is 0 Å². The Balaban J connectivity index is 1.44. The fourth-order valence-electron chi connectivity index (χ4n) is 3.01. The first-order valence-corrected chi connectivity index (χ1v) is 9.28. The van der Waals surface area contributed by atoms with Crippen molar-refractivity contribution in [3.8, 4) is 11.5 Å². The molecule has 0 unspecified atom stereocenters. The second-order valence-electron chi connectivity index (χ2n) is 7.18. The second-order valence-corrected chi connectivity index (χ2v) is 7.18. The van der Waals surface area contributed by atoms with Crippen LogP contribution < -0.4 is 14.8 Å². The smallest absolute Gasteiger partial charge is 0.231 e. The Kier molecular flexibility index (Phi) is 6.12. The van der Waals surface area contributed by atoms with Crippen LogP contribution in [-0.2, 0) is 17.8 Å². The van der Waals surface area contributed by atoms with E-state index >= 15 is 0 Å². The predicted octanol–water partition coefficient (Wildman–Crippen LogP) is 3.89. The third kappa shape index (κ3) is 5.33. The third-order valence-corrected chi connectivity index (χ3v) is 4.43. The number of ether oxygens (including phenoxy) is 2. The van der Waals surface area contributed by atoms with Gasteiger partial charge in [0.15, 0.2) is 17.3 Å². The first kappa shape index (κ1) is 19.0. The highest BCUT2D eigenvalue weighted by Crippen LogP contribution is 2.32. The van der Waals surface area contributed by atoms with Crippen LogP contribution in [0.3, 0.4) is 0 Å². The van der Waals surface area contributed by atoms with Crippen LogP contribution in [-0.4, -0.2) is 18.5 Å². The van der Waals surface area contributed by atoms with Gasteiger partial charge in [-0.2, -0.15) is 0 Å². The molecule has 2 aromatic carbocycles. The molecule has 0 aliphatic carbocycles. The summed E-state index contributed by atoms with van der Waals surface area (Å²) in [7, 11) is 0. The lowest BCUT2D eigenvalue weighted by molar-refractivity contribution is -0.121. The lowest BCUT2D eigenvalue weighted by Gasteiger charge is -2.07. The van der Waals surface area contributed by atoms with Crippen molar-refractivity contribution in [3.63, 3.8) is 0 Å². The van der Waals surface area contributed by atoms with Crippen molar-refractivity contribution >= 4 is 11.7 Å². The van der Waals surface area contributed by atoms with Crippen LogP contribution in [0.2, 0.25) is 0 Å². The Morgan fingerprint density at radius 2 is 1.67 bits per heavy atom. The summed E-state index contributed by atoms with van der Waals surface area (Å²) in [5.74, 6) is 1.84. The number of carbonyl (C=O) groups excluding carboxylic acids is 2. The van der Waals surface area contributed by atoms with Gasteiger partial charge in [0.2, 0.25) is 12.7 Å². The number of fused-ring (bicyclic) bond motifs is 1. The summed E-state index contributed by atoms with van der Waals surface area (Å²) >= 11 is 0. The molecule has 27 heavy (non-hydrogen) atoms. The van der Waals surface area contributed by atoms with Gasteiger partial charge in [-0.05, 0) is 35.6 Å². The Hall–Kier alpha value is -2.82. The van der Waals surface area contributed by atoms with Gasteiger partial charge in [0, 0.05) is 24.9 Å². The SMILES string of the molecule is CC(C)Cc1ccc(C(=O)CCC(=O)NCc2ccc3c(c2)OCO3)cc1. The number of hydrogen-bond donors (Lipinski definition) is 1. The molecule has 2 aromatic rings. The van der Waals surface area contributed by atoms with Crippen molar-refractivity contribution in [2.45, 2.75) is 39.7 Å². The highest BCUT2D eigenvalue weighted by Gasteiger charge is 2.14. The van der Waals surface area contributed by atoms with Gasteiger partial charge in [-0.1, -0.05) is 44.2 Å². The van der Waals surface area contributed by atoms with Crippen molar-refractivity contribution in [3.05, 3.63) is 59.2 Å². The van der Waals surface area contributed by atoms with Gasteiger partial charge in [-0.3, -0.25) is 9.59 Å². The number of carbonyl (C=O) groups is 2. The van der Waals surface area contributed by atoms with Crippen molar-refractivity contribution in [2.75, 3.05) is 6.79 Å². The van der Waals surface area contributed by atoms with Crippen LogP contribution >= 0.6 is 0 Å².